The van der Waals surface area contributed by atoms with Crippen LogP contribution in [0.3, 0.4) is 0 Å². The maximum atomic E-state index is 12.9. The van der Waals surface area contributed by atoms with Crippen molar-refractivity contribution in [3.05, 3.63) is 53.6 Å². The number of rotatable bonds is 2. The lowest BCUT2D eigenvalue weighted by atomic mass is 10.1. The molecule has 3 aromatic rings. The quantitative estimate of drug-likeness (QED) is 0.738. The number of benzene rings is 2. The van der Waals surface area contributed by atoms with Gasteiger partial charge >= 0.3 is 6.18 Å². The van der Waals surface area contributed by atoms with Gasteiger partial charge in [-0.15, -0.1) is 0 Å². The van der Waals surface area contributed by atoms with Crippen molar-refractivity contribution in [1.29, 1.82) is 0 Å². The number of nitrogens with zero attached hydrogens (tertiary/aromatic N) is 1. The highest BCUT2D eigenvalue weighted by Crippen LogP contribution is 2.34. The summed E-state index contributed by atoms with van der Waals surface area (Å²) in [6.45, 7) is 0. The Balaban J connectivity index is 1.92. The summed E-state index contributed by atoms with van der Waals surface area (Å²) in [4.78, 5) is 16.3. The van der Waals surface area contributed by atoms with Gasteiger partial charge in [-0.05, 0) is 30.3 Å². The van der Waals surface area contributed by atoms with Crippen molar-refractivity contribution >= 4 is 38.3 Å². The van der Waals surface area contributed by atoms with Crippen LogP contribution < -0.4 is 11.1 Å². The average Bonchev–Trinajstić information content (AvgIpc) is 2.85. The number of hydrogen-bond donors (Lipinski definition) is 2. The summed E-state index contributed by atoms with van der Waals surface area (Å²) in [7, 11) is 0. The van der Waals surface area contributed by atoms with Gasteiger partial charge in [-0.3, -0.25) is 4.79 Å². The van der Waals surface area contributed by atoms with E-state index >= 15 is 0 Å². The topological polar surface area (TPSA) is 68.0 Å². The molecule has 0 aliphatic rings. The summed E-state index contributed by atoms with van der Waals surface area (Å²) >= 11 is 1.20. The molecule has 1 aromatic heterocycles. The van der Waals surface area contributed by atoms with E-state index in [9.17, 15) is 18.0 Å². The molecule has 0 unspecified atom stereocenters. The number of nitrogen functional groups attached to an aromatic ring is 1. The van der Waals surface area contributed by atoms with Crippen molar-refractivity contribution in [1.82, 2.24) is 4.98 Å². The normalized spacial score (nSPS) is 11.6. The third-order valence-corrected chi connectivity index (χ3v) is 4.00. The minimum Gasteiger partial charge on any atom is -0.375 e. The number of amides is 1. The summed E-state index contributed by atoms with van der Waals surface area (Å²) in [5, 5.41) is 2.66. The molecular weight excluding hydrogens is 327 g/mol. The molecule has 1 heterocycles. The van der Waals surface area contributed by atoms with E-state index in [0.717, 1.165) is 6.07 Å². The Kier molecular flexibility index (Phi) is 3.69. The first-order valence-electron chi connectivity index (χ1n) is 6.48. The Morgan fingerprint density at radius 1 is 1.17 bits per heavy atom. The molecule has 0 saturated carbocycles. The third kappa shape index (κ3) is 3.11. The van der Waals surface area contributed by atoms with Crippen LogP contribution in [0.4, 0.5) is 24.0 Å². The van der Waals surface area contributed by atoms with Crippen LogP contribution >= 0.6 is 11.3 Å². The zero-order valence-corrected chi connectivity index (χ0v) is 12.3. The van der Waals surface area contributed by atoms with E-state index in [4.69, 9.17) is 5.73 Å². The summed E-state index contributed by atoms with van der Waals surface area (Å²) in [6, 6.07) is 9.48. The van der Waals surface area contributed by atoms with E-state index < -0.39 is 17.6 Å². The average molecular weight is 337 g/mol. The van der Waals surface area contributed by atoms with Gasteiger partial charge in [-0.1, -0.05) is 23.5 Å². The number of hydrogen-bond acceptors (Lipinski definition) is 4. The molecule has 0 aliphatic heterocycles. The first kappa shape index (κ1) is 15.3. The number of fused-ring (bicyclic) bond motifs is 1. The van der Waals surface area contributed by atoms with Crippen molar-refractivity contribution in [2.75, 3.05) is 11.1 Å². The molecule has 0 atom stereocenters. The van der Waals surface area contributed by atoms with Crippen LogP contribution in [0.5, 0.6) is 0 Å². The number of aromatic nitrogens is 1. The molecule has 0 saturated heterocycles. The van der Waals surface area contributed by atoms with E-state index in [0.29, 0.717) is 15.3 Å². The predicted octanol–water partition coefficient (Wildman–Crippen LogP) is 4.15. The molecule has 0 spiro atoms. The van der Waals surface area contributed by atoms with Gasteiger partial charge in [0.05, 0.1) is 21.5 Å². The maximum absolute atomic E-state index is 12.9. The van der Waals surface area contributed by atoms with Crippen LogP contribution in [-0.4, -0.2) is 10.9 Å². The first-order chi connectivity index (χ1) is 10.8. The fraction of sp³-hybridized carbons (Fsp3) is 0.0667. The van der Waals surface area contributed by atoms with Crippen LogP contribution in [0.1, 0.15) is 15.9 Å². The number of para-hydroxylation sites is 1. The Hall–Kier alpha value is -2.61. The highest BCUT2D eigenvalue weighted by Gasteiger charge is 2.33. The monoisotopic (exact) mass is 337 g/mol. The molecule has 23 heavy (non-hydrogen) atoms. The lowest BCUT2D eigenvalue weighted by Crippen LogP contribution is -2.16. The Morgan fingerprint density at radius 3 is 2.65 bits per heavy atom. The van der Waals surface area contributed by atoms with Crippen LogP contribution in [0.15, 0.2) is 42.5 Å². The first-order valence-corrected chi connectivity index (χ1v) is 7.30. The second-order valence-electron chi connectivity index (χ2n) is 4.73. The lowest BCUT2D eigenvalue weighted by molar-refractivity contribution is -0.136. The number of nitrogens with one attached hydrogen (secondary N) is 1. The largest absolute Gasteiger partial charge is 0.418 e. The van der Waals surface area contributed by atoms with Gasteiger partial charge in [0, 0.05) is 5.56 Å². The van der Waals surface area contributed by atoms with Crippen molar-refractivity contribution in [3.63, 3.8) is 0 Å². The summed E-state index contributed by atoms with van der Waals surface area (Å²) in [6.07, 6.45) is -4.54. The summed E-state index contributed by atoms with van der Waals surface area (Å²) in [5.74, 6) is -0.629. The minimum atomic E-state index is -4.54. The molecule has 8 heteroatoms. The zero-order chi connectivity index (χ0) is 16.6. The Labute approximate surface area is 132 Å². The van der Waals surface area contributed by atoms with Crippen LogP contribution in [0.2, 0.25) is 0 Å². The highest BCUT2D eigenvalue weighted by atomic mass is 32.1. The third-order valence-electron chi connectivity index (χ3n) is 3.15. The molecule has 3 N–H and O–H groups in total. The number of carbonyl (C=O) groups excluding carboxylic acids is 1. The number of alkyl halides is 3. The van der Waals surface area contributed by atoms with Gasteiger partial charge < -0.3 is 11.1 Å². The number of nitrogens with two attached hydrogens (primary N) is 1. The van der Waals surface area contributed by atoms with Gasteiger partial charge in [0.2, 0.25) is 0 Å². The Morgan fingerprint density at radius 2 is 1.91 bits per heavy atom. The zero-order valence-electron chi connectivity index (χ0n) is 11.5. The van der Waals surface area contributed by atoms with E-state index in [-0.39, 0.29) is 11.3 Å². The van der Waals surface area contributed by atoms with Crippen molar-refractivity contribution < 1.29 is 18.0 Å². The fourth-order valence-corrected chi connectivity index (χ4v) is 2.89. The minimum absolute atomic E-state index is 0.234. The molecular formula is C15H10F3N3OS. The maximum Gasteiger partial charge on any atom is 0.418 e. The van der Waals surface area contributed by atoms with Gasteiger partial charge in [0.25, 0.3) is 5.91 Å². The van der Waals surface area contributed by atoms with E-state index in [1.807, 2.05) is 0 Å². The van der Waals surface area contributed by atoms with Crippen molar-refractivity contribution in [3.8, 4) is 0 Å². The van der Waals surface area contributed by atoms with E-state index in [1.54, 1.807) is 12.1 Å². The van der Waals surface area contributed by atoms with Crippen molar-refractivity contribution in [2.24, 2.45) is 0 Å². The number of thiazole rings is 1. The Bertz CT molecular complexity index is 889. The second-order valence-corrected chi connectivity index (χ2v) is 5.79. The van der Waals surface area contributed by atoms with Crippen LogP contribution in [-0.2, 0) is 6.18 Å². The highest BCUT2D eigenvalue weighted by molar-refractivity contribution is 7.22. The molecule has 2 aromatic carbocycles. The second kappa shape index (κ2) is 5.54. The van der Waals surface area contributed by atoms with Crippen LogP contribution in [0, 0.1) is 0 Å². The summed E-state index contributed by atoms with van der Waals surface area (Å²) in [5.41, 5.74) is 5.29. The van der Waals surface area contributed by atoms with Gasteiger partial charge in [0.1, 0.15) is 0 Å². The fourth-order valence-electron chi connectivity index (χ4n) is 2.12. The SMILES string of the molecule is Nc1nc2ccc(C(=O)Nc3ccccc3C(F)(F)F)cc2s1. The van der Waals surface area contributed by atoms with Gasteiger partial charge in [0.15, 0.2) is 5.13 Å². The summed E-state index contributed by atoms with van der Waals surface area (Å²) < 4.78 is 39.5. The van der Waals surface area contributed by atoms with Gasteiger partial charge in [-0.2, -0.15) is 13.2 Å². The lowest BCUT2D eigenvalue weighted by Gasteiger charge is -2.13. The van der Waals surface area contributed by atoms with E-state index in [2.05, 4.69) is 10.3 Å². The number of halogens is 3. The number of carbonyl (C=O) groups is 1. The molecule has 0 bridgehead atoms. The van der Waals surface area contributed by atoms with E-state index in [1.165, 1.54) is 35.6 Å². The molecule has 4 nitrogen and oxygen atoms in total. The number of anilines is 2. The van der Waals surface area contributed by atoms with Crippen LogP contribution in [0.25, 0.3) is 10.2 Å². The molecule has 0 aliphatic carbocycles. The predicted molar refractivity (Wildman–Crippen MR) is 83.4 cm³/mol. The smallest absolute Gasteiger partial charge is 0.375 e. The van der Waals surface area contributed by atoms with Crippen molar-refractivity contribution in [2.45, 2.75) is 6.18 Å². The molecule has 3 rings (SSSR count). The molecule has 0 fully saturated rings. The molecule has 118 valence electrons. The standard InChI is InChI=1S/C15H10F3N3OS/c16-15(17,18)9-3-1-2-4-10(9)20-13(22)8-5-6-11-12(7-8)23-14(19)21-11/h1-7H,(H2,19,21)(H,20,22). The van der Waals surface area contributed by atoms with Gasteiger partial charge in [-0.25, -0.2) is 4.98 Å². The molecule has 1 amide bonds. The molecule has 0 radical (unpaired) electrons.